The first-order valence-corrected chi connectivity index (χ1v) is 5.90. The van der Waals surface area contributed by atoms with Gasteiger partial charge < -0.3 is 9.80 Å². The highest BCUT2D eigenvalue weighted by Gasteiger charge is 2.20. The predicted octanol–water partition coefficient (Wildman–Crippen LogP) is 3.01. The third kappa shape index (κ3) is 2.28. The van der Waals surface area contributed by atoms with Crippen LogP contribution in [0.1, 0.15) is 23.6 Å². The van der Waals surface area contributed by atoms with Crippen LogP contribution < -0.4 is 0 Å². The van der Waals surface area contributed by atoms with Gasteiger partial charge in [0, 0.05) is 31.6 Å². The van der Waals surface area contributed by atoms with E-state index in [1.54, 1.807) is 6.07 Å². The second kappa shape index (κ2) is 4.40. The van der Waals surface area contributed by atoms with Gasteiger partial charge in [0.05, 0.1) is 6.17 Å². The van der Waals surface area contributed by atoms with Gasteiger partial charge in [-0.25, -0.2) is 4.39 Å². The zero-order valence-electron chi connectivity index (χ0n) is 10.9. The van der Waals surface area contributed by atoms with Gasteiger partial charge in [0.2, 0.25) is 0 Å². The van der Waals surface area contributed by atoms with Gasteiger partial charge in [0.1, 0.15) is 5.82 Å². The second-order valence-electron chi connectivity index (χ2n) is 4.81. The molecule has 0 aromatic heterocycles. The minimum absolute atomic E-state index is 0.0994. The van der Waals surface area contributed by atoms with Crippen LogP contribution in [0.5, 0.6) is 0 Å². The molecule has 0 bridgehead atoms. The molecule has 0 saturated heterocycles. The van der Waals surface area contributed by atoms with E-state index in [2.05, 4.69) is 16.7 Å². The Morgan fingerprint density at radius 3 is 2.47 bits per heavy atom. The molecule has 1 atom stereocenters. The summed E-state index contributed by atoms with van der Waals surface area (Å²) in [5, 5.41) is 0. The van der Waals surface area contributed by atoms with Crippen LogP contribution >= 0.6 is 0 Å². The molecule has 1 aromatic rings. The maximum atomic E-state index is 13.9. The largest absolute Gasteiger partial charge is 0.359 e. The molecule has 2 nitrogen and oxygen atoms in total. The van der Waals surface area contributed by atoms with Crippen LogP contribution in [0, 0.1) is 19.7 Å². The van der Waals surface area contributed by atoms with Crippen molar-refractivity contribution in [2.45, 2.75) is 33.5 Å². The van der Waals surface area contributed by atoms with Gasteiger partial charge in [-0.1, -0.05) is 6.07 Å². The average molecular weight is 234 g/mol. The van der Waals surface area contributed by atoms with Crippen molar-refractivity contribution in [1.82, 2.24) is 9.80 Å². The van der Waals surface area contributed by atoms with Crippen molar-refractivity contribution >= 4 is 0 Å². The van der Waals surface area contributed by atoms with Crippen LogP contribution in [0.3, 0.4) is 0 Å². The van der Waals surface area contributed by atoms with Crippen LogP contribution in [0.15, 0.2) is 24.5 Å². The third-order valence-electron chi connectivity index (χ3n) is 3.47. The lowest BCUT2D eigenvalue weighted by Crippen LogP contribution is -2.33. The molecule has 0 saturated carbocycles. The molecule has 92 valence electrons. The molecule has 2 rings (SSSR count). The standard InChI is InChI=1S/C14H19FN2/c1-10-7-11(2)13(14(15)8-10)9-17-6-5-16(4)12(17)3/h5-8,12H,9H2,1-4H3. The fourth-order valence-corrected chi connectivity index (χ4v) is 2.19. The first-order valence-electron chi connectivity index (χ1n) is 5.90. The molecular weight excluding hydrogens is 215 g/mol. The van der Waals surface area contributed by atoms with Crippen LogP contribution in [-0.4, -0.2) is 23.0 Å². The average Bonchev–Trinajstić information content (AvgIpc) is 2.54. The number of benzene rings is 1. The van der Waals surface area contributed by atoms with E-state index in [0.29, 0.717) is 6.54 Å². The molecule has 17 heavy (non-hydrogen) atoms. The highest BCUT2D eigenvalue weighted by Crippen LogP contribution is 2.22. The lowest BCUT2D eigenvalue weighted by Gasteiger charge is -2.27. The molecule has 0 amide bonds. The number of rotatable bonds is 2. The molecule has 1 aliphatic rings. The highest BCUT2D eigenvalue weighted by molar-refractivity contribution is 5.32. The normalized spacial score (nSPS) is 19.2. The minimum Gasteiger partial charge on any atom is -0.359 e. The Hall–Kier alpha value is -1.51. The SMILES string of the molecule is Cc1cc(C)c(CN2C=CN(C)C2C)c(F)c1. The summed E-state index contributed by atoms with van der Waals surface area (Å²) in [5.74, 6) is -0.0994. The summed E-state index contributed by atoms with van der Waals surface area (Å²) in [4.78, 5) is 4.25. The van der Waals surface area contributed by atoms with Crippen LogP contribution in [-0.2, 0) is 6.54 Å². The smallest absolute Gasteiger partial charge is 0.128 e. The van der Waals surface area contributed by atoms with E-state index in [9.17, 15) is 4.39 Å². The Balaban J connectivity index is 2.23. The van der Waals surface area contributed by atoms with Gasteiger partial charge in [0.25, 0.3) is 0 Å². The summed E-state index contributed by atoms with van der Waals surface area (Å²) < 4.78 is 13.9. The van der Waals surface area contributed by atoms with Gasteiger partial charge >= 0.3 is 0 Å². The molecule has 1 aromatic carbocycles. The number of hydrogen-bond donors (Lipinski definition) is 0. The van der Waals surface area contributed by atoms with E-state index >= 15 is 0 Å². The van der Waals surface area contributed by atoms with Gasteiger partial charge in [-0.15, -0.1) is 0 Å². The second-order valence-corrected chi connectivity index (χ2v) is 4.81. The van der Waals surface area contributed by atoms with E-state index < -0.39 is 0 Å². The maximum absolute atomic E-state index is 13.9. The topological polar surface area (TPSA) is 6.48 Å². The summed E-state index contributed by atoms with van der Waals surface area (Å²) in [5.41, 5.74) is 2.80. The van der Waals surface area contributed by atoms with Crippen molar-refractivity contribution in [3.05, 3.63) is 47.0 Å². The van der Waals surface area contributed by atoms with Crippen molar-refractivity contribution < 1.29 is 4.39 Å². The number of nitrogens with zero attached hydrogens (tertiary/aromatic N) is 2. The lowest BCUT2D eigenvalue weighted by molar-refractivity contribution is 0.187. The summed E-state index contributed by atoms with van der Waals surface area (Å²) in [6.45, 7) is 6.63. The number of aryl methyl sites for hydroxylation is 2. The summed E-state index contributed by atoms with van der Waals surface area (Å²) in [6.07, 6.45) is 4.32. The Bertz CT molecular complexity index is 431. The Kier molecular flexibility index (Phi) is 3.09. The molecule has 1 aliphatic heterocycles. The first kappa shape index (κ1) is 12.0. The summed E-state index contributed by atoms with van der Waals surface area (Å²) in [7, 11) is 2.03. The predicted molar refractivity (Wildman–Crippen MR) is 67.8 cm³/mol. The fourth-order valence-electron chi connectivity index (χ4n) is 2.19. The van der Waals surface area contributed by atoms with E-state index in [1.165, 1.54) is 0 Å². The van der Waals surface area contributed by atoms with Gasteiger partial charge in [-0.3, -0.25) is 0 Å². The van der Waals surface area contributed by atoms with E-state index in [4.69, 9.17) is 0 Å². The number of hydrogen-bond acceptors (Lipinski definition) is 2. The first-order chi connectivity index (χ1) is 7.99. The fraction of sp³-hybridized carbons (Fsp3) is 0.429. The van der Waals surface area contributed by atoms with Crippen LogP contribution in [0.4, 0.5) is 4.39 Å². The molecule has 0 aliphatic carbocycles. The molecule has 0 radical (unpaired) electrons. The van der Waals surface area contributed by atoms with Gasteiger partial charge in [-0.2, -0.15) is 0 Å². The van der Waals surface area contributed by atoms with Crippen LogP contribution in [0.25, 0.3) is 0 Å². The summed E-state index contributed by atoms with van der Waals surface area (Å²) in [6, 6.07) is 3.64. The Morgan fingerprint density at radius 1 is 1.24 bits per heavy atom. The Labute approximate surface area is 102 Å². The van der Waals surface area contributed by atoms with E-state index in [0.717, 1.165) is 16.7 Å². The van der Waals surface area contributed by atoms with Crippen molar-refractivity contribution in [2.75, 3.05) is 7.05 Å². The van der Waals surface area contributed by atoms with Crippen molar-refractivity contribution in [3.63, 3.8) is 0 Å². The number of halogens is 1. The minimum atomic E-state index is -0.0994. The molecule has 1 heterocycles. The van der Waals surface area contributed by atoms with E-state index in [1.807, 2.05) is 39.4 Å². The molecule has 0 fully saturated rings. The molecule has 1 unspecified atom stereocenters. The molecular formula is C14H19FN2. The van der Waals surface area contributed by atoms with Crippen molar-refractivity contribution in [1.29, 1.82) is 0 Å². The summed E-state index contributed by atoms with van der Waals surface area (Å²) >= 11 is 0. The van der Waals surface area contributed by atoms with Crippen LogP contribution in [0.2, 0.25) is 0 Å². The highest BCUT2D eigenvalue weighted by atomic mass is 19.1. The monoisotopic (exact) mass is 234 g/mol. The zero-order chi connectivity index (χ0) is 12.6. The zero-order valence-corrected chi connectivity index (χ0v) is 10.9. The van der Waals surface area contributed by atoms with Gasteiger partial charge in [-0.05, 0) is 38.0 Å². The molecule has 3 heteroatoms. The quantitative estimate of drug-likeness (QED) is 0.776. The Morgan fingerprint density at radius 2 is 1.94 bits per heavy atom. The van der Waals surface area contributed by atoms with Gasteiger partial charge in [0.15, 0.2) is 0 Å². The molecule has 0 N–H and O–H groups in total. The molecule has 0 spiro atoms. The lowest BCUT2D eigenvalue weighted by atomic mass is 10.0. The van der Waals surface area contributed by atoms with Crippen molar-refractivity contribution in [2.24, 2.45) is 0 Å². The third-order valence-corrected chi connectivity index (χ3v) is 3.47. The van der Waals surface area contributed by atoms with Crippen molar-refractivity contribution in [3.8, 4) is 0 Å². The maximum Gasteiger partial charge on any atom is 0.128 e. The van der Waals surface area contributed by atoms with E-state index in [-0.39, 0.29) is 12.0 Å².